The lowest BCUT2D eigenvalue weighted by atomic mass is 10.0. The van der Waals surface area contributed by atoms with Gasteiger partial charge in [0.05, 0.1) is 33.9 Å². The maximum Gasteiger partial charge on any atom is 0.416 e. The molecule has 0 aliphatic heterocycles. The summed E-state index contributed by atoms with van der Waals surface area (Å²) in [5.41, 5.74) is 4.48. The fraction of sp³-hybridized carbons (Fsp3) is 0.273. The number of rotatable bonds is 5. The van der Waals surface area contributed by atoms with Crippen molar-refractivity contribution in [2.75, 3.05) is 5.73 Å². The molecule has 34 heavy (non-hydrogen) atoms. The molecule has 0 unspecified atom stereocenters. The number of hydrogen-bond acceptors (Lipinski definition) is 4. The number of nitrogens with zero attached hydrogens (tertiary/aromatic N) is 3. The average molecular weight is 503 g/mol. The van der Waals surface area contributed by atoms with Crippen molar-refractivity contribution in [2.24, 2.45) is 0 Å². The highest BCUT2D eigenvalue weighted by Gasteiger charge is 2.37. The maximum absolute atomic E-state index is 13.2. The van der Waals surface area contributed by atoms with Crippen LogP contribution in [0.3, 0.4) is 0 Å². The van der Waals surface area contributed by atoms with Crippen molar-refractivity contribution >= 4 is 28.2 Å². The summed E-state index contributed by atoms with van der Waals surface area (Å²) in [6.07, 6.45) is -8.48. The van der Waals surface area contributed by atoms with Crippen molar-refractivity contribution in [1.29, 1.82) is 0 Å². The zero-order valence-corrected chi connectivity index (χ0v) is 18.3. The van der Waals surface area contributed by atoms with Gasteiger partial charge in [0.1, 0.15) is 0 Å². The van der Waals surface area contributed by atoms with Gasteiger partial charge < -0.3 is 14.8 Å². The van der Waals surface area contributed by atoms with E-state index in [1.807, 2.05) is 17.6 Å². The molecule has 0 spiro atoms. The number of hydrogen-bond donors (Lipinski definition) is 1. The molecule has 2 aromatic carbocycles. The van der Waals surface area contributed by atoms with E-state index in [4.69, 9.17) is 21.9 Å². The first-order valence-electron chi connectivity index (χ1n) is 10.1. The Balaban J connectivity index is 1.75. The van der Waals surface area contributed by atoms with Crippen LogP contribution in [0.4, 0.5) is 32.0 Å². The number of alkyl halides is 6. The number of benzene rings is 2. The summed E-state index contributed by atoms with van der Waals surface area (Å²) in [4.78, 5) is 4.06. The first-order chi connectivity index (χ1) is 15.9. The second kappa shape index (κ2) is 8.53. The molecule has 4 aromatic rings. The van der Waals surface area contributed by atoms with Gasteiger partial charge in [-0.2, -0.15) is 31.3 Å². The minimum atomic E-state index is -4.99. The number of nitrogen functional groups attached to an aromatic ring is 1. The third-order valence-electron chi connectivity index (χ3n) is 5.24. The van der Waals surface area contributed by atoms with Gasteiger partial charge in [0.15, 0.2) is 5.82 Å². The smallest absolute Gasteiger partial charge is 0.398 e. The fourth-order valence-corrected chi connectivity index (χ4v) is 3.89. The van der Waals surface area contributed by atoms with E-state index in [-0.39, 0.29) is 18.4 Å². The quantitative estimate of drug-likeness (QED) is 0.236. The van der Waals surface area contributed by atoms with Gasteiger partial charge in [-0.25, -0.2) is 0 Å². The number of fused-ring (bicyclic) bond motifs is 1. The predicted molar refractivity (Wildman–Crippen MR) is 114 cm³/mol. The highest BCUT2D eigenvalue weighted by Crippen LogP contribution is 2.38. The zero-order valence-electron chi connectivity index (χ0n) is 17.6. The Hall–Kier alpha value is -3.21. The summed E-state index contributed by atoms with van der Waals surface area (Å²) in [6.45, 7) is 2.05. The third-order valence-corrected chi connectivity index (χ3v) is 5.67. The van der Waals surface area contributed by atoms with E-state index in [0.717, 1.165) is 17.6 Å². The van der Waals surface area contributed by atoms with Gasteiger partial charge in [-0.3, -0.25) is 0 Å². The number of nitrogens with two attached hydrogens (primary N) is 1. The lowest BCUT2D eigenvalue weighted by molar-refractivity contribution is -0.143. The largest absolute Gasteiger partial charge is 0.416 e. The Morgan fingerprint density at radius 3 is 2.24 bits per heavy atom. The molecule has 0 aliphatic rings. The van der Waals surface area contributed by atoms with Crippen molar-refractivity contribution < 1.29 is 30.9 Å². The van der Waals surface area contributed by atoms with Crippen LogP contribution >= 0.6 is 11.6 Å². The van der Waals surface area contributed by atoms with Crippen LogP contribution in [-0.2, 0) is 25.3 Å². The van der Waals surface area contributed by atoms with Crippen molar-refractivity contribution in [2.45, 2.75) is 38.7 Å². The van der Waals surface area contributed by atoms with Gasteiger partial charge in [0.25, 0.3) is 5.89 Å². The minimum absolute atomic E-state index is 0.0409. The number of halogens is 7. The van der Waals surface area contributed by atoms with Crippen molar-refractivity contribution in [3.05, 3.63) is 64.1 Å². The van der Waals surface area contributed by atoms with Gasteiger partial charge >= 0.3 is 12.4 Å². The lowest BCUT2D eigenvalue weighted by Crippen LogP contribution is -2.11. The molecular formula is C22H17ClF6N4O. The van der Waals surface area contributed by atoms with E-state index in [9.17, 15) is 26.3 Å². The average Bonchev–Trinajstić information content (AvgIpc) is 3.35. The monoisotopic (exact) mass is 502 g/mol. The second-order valence-corrected chi connectivity index (χ2v) is 8.06. The molecule has 2 aromatic heterocycles. The molecule has 0 amide bonds. The minimum Gasteiger partial charge on any atom is -0.398 e. The molecule has 4 rings (SSSR count). The SMILES string of the molecule is CCCc1cc2c(Cl)c(N)ccc2n1Cc1noc(-c2cc(C(F)(F)F)cc(C(F)(F)F)c2)n1. The summed E-state index contributed by atoms with van der Waals surface area (Å²) < 4.78 is 86.0. The first-order valence-corrected chi connectivity index (χ1v) is 10.4. The highest BCUT2D eigenvalue weighted by atomic mass is 35.5. The van der Waals surface area contributed by atoms with Crippen molar-refractivity contribution in [3.63, 3.8) is 0 Å². The molecule has 5 nitrogen and oxygen atoms in total. The van der Waals surface area contributed by atoms with Crippen LogP contribution in [0.5, 0.6) is 0 Å². The van der Waals surface area contributed by atoms with E-state index in [2.05, 4.69) is 10.1 Å². The Bertz CT molecular complexity index is 1320. The fourth-order valence-electron chi connectivity index (χ4n) is 3.68. The van der Waals surface area contributed by atoms with E-state index in [0.29, 0.717) is 34.6 Å². The zero-order chi connectivity index (χ0) is 24.8. The number of aromatic nitrogens is 3. The first kappa shape index (κ1) is 23.9. The van der Waals surface area contributed by atoms with Gasteiger partial charge in [0, 0.05) is 16.6 Å². The van der Waals surface area contributed by atoms with Crippen LogP contribution in [0.15, 0.2) is 40.9 Å². The third kappa shape index (κ3) is 4.56. The maximum atomic E-state index is 13.2. The van der Waals surface area contributed by atoms with Gasteiger partial charge in [-0.15, -0.1) is 0 Å². The molecule has 0 saturated carbocycles. The van der Waals surface area contributed by atoms with E-state index >= 15 is 0 Å². The van der Waals surface area contributed by atoms with Gasteiger partial charge in [-0.05, 0) is 42.8 Å². The Morgan fingerprint density at radius 1 is 1.00 bits per heavy atom. The van der Waals surface area contributed by atoms with E-state index < -0.39 is 34.9 Å². The van der Waals surface area contributed by atoms with Gasteiger partial charge in [0.2, 0.25) is 0 Å². The lowest BCUT2D eigenvalue weighted by Gasteiger charge is -2.12. The van der Waals surface area contributed by atoms with Crippen LogP contribution in [0.25, 0.3) is 22.4 Å². The second-order valence-electron chi connectivity index (χ2n) is 7.68. The number of anilines is 1. The molecule has 2 heterocycles. The Labute approximate surface area is 194 Å². The molecule has 0 fully saturated rings. The van der Waals surface area contributed by atoms with Crippen LogP contribution < -0.4 is 5.73 Å². The van der Waals surface area contributed by atoms with Crippen LogP contribution in [-0.4, -0.2) is 14.7 Å². The molecule has 0 aliphatic carbocycles. The standard InChI is InChI=1S/C22H17ClF6N4O/c1-2-3-14-9-15-17(5-4-16(30)19(15)23)33(14)10-18-31-20(34-32-18)11-6-12(21(24,25)26)8-13(7-11)22(27,28)29/h4-9H,2-3,10,30H2,1H3. The normalized spacial score (nSPS) is 12.6. The molecule has 0 bridgehead atoms. The van der Waals surface area contributed by atoms with Gasteiger partial charge in [-0.1, -0.05) is 30.1 Å². The molecular weight excluding hydrogens is 486 g/mol. The molecule has 2 N–H and O–H groups in total. The Kier molecular flexibility index (Phi) is 6.01. The molecule has 0 saturated heterocycles. The van der Waals surface area contributed by atoms with Crippen molar-refractivity contribution in [3.8, 4) is 11.5 Å². The summed E-state index contributed by atoms with van der Waals surface area (Å²) in [5.74, 6) is -0.383. The summed E-state index contributed by atoms with van der Waals surface area (Å²) in [6, 6.07) is 6.41. The van der Waals surface area contributed by atoms with E-state index in [1.165, 1.54) is 0 Å². The van der Waals surface area contributed by atoms with E-state index in [1.54, 1.807) is 12.1 Å². The number of aryl methyl sites for hydroxylation is 1. The van der Waals surface area contributed by atoms with Crippen molar-refractivity contribution in [1.82, 2.24) is 14.7 Å². The van der Waals surface area contributed by atoms with Crippen LogP contribution in [0.2, 0.25) is 5.02 Å². The van der Waals surface area contributed by atoms with Crippen LogP contribution in [0.1, 0.15) is 36.0 Å². The molecule has 0 atom stereocenters. The predicted octanol–water partition coefficient (Wildman–Crippen LogP) is 6.97. The van der Waals surface area contributed by atoms with Crippen LogP contribution in [0, 0.1) is 0 Å². The summed E-state index contributed by atoms with van der Waals surface area (Å²) in [7, 11) is 0. The summed E-state index contributed by atoms with van der Waals surface area (Å²) in [5, 5.41) is 4.86. The summed E-state index contributed by atoms with van der Waals surface area (Å²) >= 11 is 6.33. The molecule has 0 radical (unpaired) electrons. The molecule has 180 valence electrons. The highest BCUT2D eigenvalue weighted by molar-refractivity contribution is 6.38. The Morgan fingerprint density at radius 2 is 1.65 bits per heavy atom. The molecule has 12 heteroatoms. The topological polar surface area (TPSA) is 69.9 Å².